The van der Waals surface area contributed by atoms with Crippen molar-refractivity contribution in [2.24, 2.45) is 0 Å². The average molecular weight is 259 g/mol. The standard InChI is InChI=1S/C12H21NOS2/c1-10-12(14-7-8-15-12)9-11(16-10)3-5-13(2)6-4-11/h10H,3-9H2,1-2H3. The van der Waals surface area contributed by atoms with Gasteiger partial charge in [-0.25, -0.2) is 0 Å². The van der Waals surface area contributed by atoms with Gasteiger partial charge in [-0.2, -0.15) is 0 Å². The van der Waals surface area contributed by atoms with Gasteiger partial charge >= 0.3 is 0 Å². The second-order valence-electron chi connectivity index (χ2n) is 5.43. The number of rotatable bonds is 0. The molecular formula is C12H21NOS2. The van der Waals surface area contributed by atoms with Crippen LogP contribution < -0.4 is 0 Å². The molecule has 2 nitrogen and oxygen atoms in total. The maximum absolute atomic E-state index is 6.10. The van der Waals surface area contributed by atoms with Crippen LogP contribution in [0.3, 0.4) is 0 Å². The molecule has 92 valence electrons. The Kier molecular flexibility index (Phi) is 2.98. The Morgan fingerprint density at radius 3 is 2.69 bits per heavy atom. The van der Waals surface area contributed by atoms with Crippen LogP contribution in [0.4, 0.5) is 0 Å². The highest BCUT2D eigenvalue weighted by Gasteiger charge is 2.56. The molecule has 3 saturated heterocycles. The Bertz CT molecular complexity index is 270. The number of nitrogens with zero attached hydrogens (tertiary/aromatic N) is 1. The summed E-state index contributed by atoms with van der Waals surface area (Å²) in [6.45, 7) is 5.86. The van der Waals surface area contributed by atoms with Gasteiger partial charge in [-0.05, 0) is 39.9 Å². The first-order valence-electron chi connectivity index (χ1n) is 6.29. The van der Waals surface area contributed by atoms with Crippen LogP contribution in [0, 0.1) is 0 Å². The lowest BCUT2D eigenvalue weighted by molar-refractivity contribution is 0.0415. The molecule has 4 heteroatoms. The van der Waals surface area contributed by atoms with E-state index in [9.17, 15) is 0 Å². The SMILES string of the molecule is CC1SC2(CCN(C)CC2)CC12OCCS2. The van der Waals surface area contributed by atoms with Gasteiger partial charge < -0.3 is 9.64 Å². The first-order chi connectivity index (χ1) is 7.64. The molecule has 3 heterocycles. The third-order valence-electron chi connectivity index (χ3n) is 4.29. The summed E-state index contributed by atoms with van der Waals surface area (Å²) >= 11 is 4.29. The molecule has 0 aromatic rings. The number of piperidine rings is 1. The largest absolute Gasteiger partial charge is 0.362 e. The van der Waals surface area contributed by atoms with Gasteiger partial charge in [0.1, 0.15) is 4.93 Å². The van der Waals surface area contributed by atoms with Crippen molar-refractivity contribution in [2.75, 3.05) is 32.5 Å². The van der Waals surface area contributed by atoms with Crippen LogP contribution in [0.2, 0.25) is 0 Å². The summed E-state index contributed by atoms with van der Waals surface area (Å²) in [5.41, 5.74) is 0. The van der Waals surface area contributed by atoms with Gasteiger partial charge in [-0.15, -0.1) is 23.5 Å². The summed E-state index contributed by atoms with van der Waals surface area (Å²) in [4.78, 5) is 2.63. The Hall–Kier alpha value is 0.620. The second kappa shape index (κ2) is 4.08. The molecular weight excluding hydrogens is 238 g/mol. The van der Waals surface area contributed by atoms with Crippen molar-refractivity contribution in [2.45, 2.75) is 41.1 Å². The summed E-state index contributed by atoms with van der Waals surface area (Å²) in [5.74, 6) is 1.20. The van der Waals surface area contributed by atoms with Crippen LogP contribution >= 0.6 is 23.5 Å². The molecule has 16 heavy (non-hydrogen) atoms. The minimum atomic E-state index is 0.167. The Labute approximate surface area is 107 Å². The molecule has 2 unspecified atom stereocenters. The van der Waals surface area contributed by atoms with E-state index in [-0.39, 0.29) is 4.93 Å². The van der Waals surface area contributed by atoms with Gasteiger partial charge in [0.2, 0.25) is 0 Å². The molecule has 0 bridgehead atoms. The first kappa shape index (κ1) is 11.7. The molecule has 0 radical (unpaired) electrons. The monoisotopic (exact) mass is 259 g/mol. The third kappa shape index (κ3) is 1.82. The quantitative estimate of drug-likeness (QED) is 0.662. The minimum Gasteiger partial charge on any atom is -0.362 e. The molecule has 3 aliphatic heterocycles. The molecule has 0 amide bonds. The van der Waals surface area contributed by atoms with Crippen molar-refractivity contribution in [3.8, 4) is 0 Å². The molecule has 2 atom stereocenters. The Morgan fingerprint density at radius 1 is 1.31 bits per heavy atom. The summed E-state index contributed by atoms with van der Waals surface area (Å²) in [6.07, 6.45) is 3.98. The van der Waals surface area contributed by atoms with E-state index in [1.807, 2.05) is 0 Å². The van der Waals surface area contributed by atoms with Crippen LogP contribution in [-0.4, -0.2) is 52.3 Å². The number of thioether (sulfide) groups is 2. The number of ether oxygens (including phenoxy) is 1. The minimum absolute atomic E-state index is 0.167. The van der Waals surface area contributed by atoms with E-state index < -0.39 is 0 Å². The van der Waals surface area contributed by atoms with Crippen molar-refractivity contribution < 1.29 is 4.74 Å². The highest BCUT2D eigenvalue weighted by atomic mass is 32.2. The van der Waals surface area contributed by atoms with E-state index in [1.165, 1.54) is 38.1 Å². The summed E-state index contributed by atoms with van der Waals surface area (Å²) in [5, 5.41) is 0.670. The van der Waals surface area contributed by atoms with Gasteiger partial charge in [-0.1, -0.05) is 0 Å². The van der Waals surface area contributed by atoms with Crippen molar-refractivity contribution in [3.05, 3.63) is 0 Å². The highest BCUT2D eigenvalue weighted by molar-refractivity contribution is 8.05. The highest BCUT2D eigenvalue weighted by Crippen LogP contribution is 2.60. The van der Waals surface area contributed by atoms with Crippen LogP contribution in [0.15, 0.2) is 0 Å². The zero-order chi connectivity index (χ0) is 11.2. The van der Waals surface area contributed by atoms with E-state index in [0.29, 0.717) is 10.00 Å². The average Bonchev–Trinajstić information content (AvgIpc) is 2.81. The predicted octanol–water partition coefficient (Wildman–Crippen LogP) is 2.44. The maximum atomic E-state index is 6.10. The normalized spacial score (nSPS) is 43.5. The maximum Gasteiger partial charge on any atom is 0.126 e. The van der Waals surface area contributed by atoms with Crippen LogP contribution in [0.1, 0.15) is 26.2 Å². The van der Waals surface area contributed by atoms with Crippen molar-refractivity contribution in [3.63, 3.8) is 0 Å². The van der Waals surface area contributed by atoms with Gasteiger partial charge in [0.05, 0.1) is 6.61 Å². The van der Waals surface area contributed by atoms with E-state index >= 15 is 0 Å². The number of hydrogen-bond donors (Lipinski definition) is 0. The topological polar surface area (TPSA) is 12.5 Å². The van der Waals surface area contributed by atoms with Crippen LogP contribution in [0.5, 0.6) is 0 Å². The first-order valence-corrected chi connectivity index (χ1v) is 8.15. The second-order valence-corrected chi connectivity index (χ2v) is 8.63. The molecule has 3 aliphatic rings. The lowest BCUT2D eigenvalue weighted by Gasteiger charge is -2.37. The van der Waals surface area contributed by atoms with Crippen molar-refractivity contribution >= 4 is 23.5 Å². The van der Waals surface area contributed by atoms with Gasteiger partial charge in [0.25, 0.3) is 0 Å². The lowest BCUT2D eigenvalue weighted by atomic mass is 9.89. The number of hydrogen-bond acceptors (Lipinski definition) is 4. The third-order valence-corrected chi connectivity index (χ3v) is 7.70. The van der Waals surface area contributed by atoms with Gasteiger partial charge in [0.15, 0.2) is 0 Å². The van der Waals surface area contributed by atoms with E-state index in [0.717, 1.165) is 6.61 Å². The van der Waals surface area contributed by atoms with Crippen molar-refractivity contribution in [1.82, 2.24) is 4.90 Å². The van der Waals surface area contributed by atoms with Crippen LogP contribution in [-0.2, 0) is 4.74 Å². The number of likely N-dealkylation sites (tertiary alicyclic amines) is 1. The zero-order valence-electron chi connectivity index (χ0n) is 10.2. The molecule has 0 saturated carbocycles. The molecule has 0 aromatic carbocycles. The van der Waals surface area contributed by atoms with E-state index in [4.69, 9.17) is 4.74 Å². The summed E-state index contributed by atoms with van der Waals surface area (Å²) in [7, 11) is 2.24. The smallest absolute Gasteiger partial charge is 0.126 e. The van der Waals surface area contributed by atoms with Crippen LogP contribution in [0.25, 0.3) is 0 Å². The predicted molar refractivity (Wildman–Crippen MR) is 72.3 cm³/mol. The fourth-order valence-electron chi connectivity index (χ4n) is 3.23. The fourth-order valence-corrected chi connectivity index (χ4v) is 6.76. The van der Waals surface area contributed by atoms with Crippen molar-refractivity contribution in [1.29, 1.82) is 0 Å². The lowest BCUT2D eigenvalue weighted by Crippen LogP contribution is -2.41. The molecule has 0 N–H and O–H groups in total. The van der Waals surface area contributed by atoms with E-state index in [1.54, 1.807) is 0 Å². The molecule has 3 fully saturated rings. The molecule has 3 rings (SSSR count). The summed E-state index contributed by atoms with van der Waals surface area (Å²) < 4.78 is 6.63. The van der Waals surface area contributed by atoms with Gasteiger partial charge in [-0.3, -0.25) is 0 Å². The molecule has 0 aliphatic carbocycles. The molecule has 2 spiro atoms. The zero-order valence-corrected chi connectivity index (χ0v) is 11.8. The Morgan fingerprint density at radius 2 is 2.06 bits per heavy atom. The Balaban J connectivity index is 1.75. The fraction of sp³-hybridized carbons (Fsp3) is 1.00. The molecule has 0 aromatic heterocycles. The summed E-state index contributed by atoms with van der Waals surface area (Å²) in [6, 6.07) is 0. The van der Waals surface area contributed by atoms with Gasteiger partial charge in [0, 0.05) is 22.2 Å². The van der Waals surface area contributed by atoms with E-state index in [2.05, 4.69) is 42.4 Å².